The highest BCUT2D eigenvalue weighted by Gasteiger charge is 2.37. The van der Waals surface area contributed by atoms with Crippen molar-refractivity contribution in [3.63, 3.8) is 0 Å². The molecule has 0 aromatic heterocycles. The molecule has 0 spiro atoms. The zero-order valence-corrected chi connectivity index (χ0v) is 13.0. The number of aromatic hydroxyl groups is 2. The summed E-state index contributed by atoms with van der Waals surface area (Å²) in [7, 11) is 0. The van der Waals surface area contributed by atoms with Crippen LogP contribution in [0.1, 0.15) is 30.5 Å². The molecule has 22 heavy (non-hydrogen) atoms. The Labute approximate surface area is 134 Å². The average Bonchev–Trinajstić information content (AvgIpc) is 2.47. The van der Waals surface area contributed by atoms with Crippen molar-refractivity contribution in [2.45, 2.75) is 24.9 Å². The zero-order valence-electron chi connectivity index (χ0n) is 12.2. The van der Waals surface area contributed by atoms with Crippen molar-refractivity contribution < 1.29 is 10.2 Å². The maximum absolute atomic E-state index is 10.2. The molecule has 0 bridgehead atoms. The maximum Gasteiger partial charge on any atom is 0.167 e. The molecule has 4 N–H and O–H groups in total. The van der Waals surface area contributed by atoms with E-state index < -0.39 is 5.54 Å². The van der Waals surface area contributed by atoms with E-state index in [4.69, 9.17) is 12.2 Å². The molecule has 1 aliphatic heterocycles. The molecule has 0 saturated carbocycles. The third-order valence-corrected chi connectivity index (χ3v) is 4.30. The summed E-state index contributed by atoms with van der Waals surface area (Å²) in [5.74, 6) is 0.104. The van der Waals surface area contributed by atoms with Gasteiger partial charge in [0.2, 0.25) is 0 Å². The standard InChI is InChI=1S/C17H18N2O2S/c1-17(13-8-7-12(20)9-15(13)21)10-14(18-16(22)19-17)11-5-3-2-4-6-11/h2-9,14,20-21H,10H2,1H3,(H2,18,19,22)/t14-,17+/m0/s1. The first kappa shape index (κ1) is 14.7. The van der Waals surface area contributed by atoms with Gasteiger partial charge < -0.3 is 20.8 Å². The van der Waals surface area contributed by atoms with Crippen LogP contribution in [0, 0.1) is 0 Å². The van der Waals surface area contributed by atoms with Gasteiger partial charge in [-0.1, -0.05) is 30.3 Å². The van der Waals surface area contributed by atoms with Crippen LogP contribution in [0.2, 0.25) is 0 Å². The van der Waals surface area contributed by atoms with Crippen LogP contribution in [0.4, 0.5) is 0 Å². The number of nitrogens with one attached hydrogen (secondary N) is 2. The molecule has 1 aliphatic rings. The number of rotatable bonds is 2. The summed E-state index contributed by atoms with van der Waals surface area (Å²) in [5, 5.41) is 26.7. The summed E-state index contributed by atoms with van der Waals surface area (Å²) >= 11 is 5.35. The van der Waals surface area contributed by atoms with Crippen molar-refractivity contribution in [1.29, 1.82) is 0 Å². The van der Waals surface area contributed by atoms with Gasteiger partial charge in [0.1, 0.15) is 11.5 Å². The fourth-order valence-corrected chi connectivity index (χ4v) is 3.37. The van der Waals surface area contributed by atoms with Crippen LogP contribution in [0.25, 0.3) is 0 Å². The average molecular weight is 314 g/mol. The second-order valence-corrected chi connectivity index (χ2v) is 6.21. The van der Waals surface area contributed by atoms with E-state index in [2.05, 4.69) is 22.8 Å². The van der Waals surface area contributed by atoms with Crippen LogP contribution in [-0.4, -0.2) is 15.3 Å². The third-order valence-electron chi connectivity index (χ3n) is 4.08. The van der Waals surface area contributed by atoms with Crippen LogP contribution in [0.3, 0.4) is 0 Å². The Morgan fingerprint density at radius 3 is 2.55 bits per heavy atom. The van der Waals surface area contributed by atoms with Crippen molar-refractivity contribution in [1.82, 2.24) is 10.6 Å². The number of hydrogen-bond donors (Lipinski definition) is 4. The first-order chi connectivity index (χ1) is 10.5. The summed E-state index contributed by atoms with van der Waals surface area (Å²) in [6.45, 7) is 2.00. The summed E-state index contributed by atoms with van der Waals surface area (Å²) in [4.78, 5) is 0. The van der Waals surface area contributed by atoms with E-state index in [0.717, 1.165) is 17.5 Å². The largest absolute Gasteiger partial charge is 0.508 e. The molecule has 2 aromatic carbocycles. The molecule has 0 unspecified atom stereocenters. The number of thiocarbonyl (C=S) groups is 1. The Hall–Kier alpha value is -2.27. The molecule has 5 heteroatoms. The molecule has 1 fully saturated rings. The number of phenols is 2. The van der Waals surface area contributed by atoms with Gasteiger partial charge in [-0.05, 0) is 43.3 Å². The Morgan fingerprint density at radius 2 is 1.86 bits per heavy atom. The third kappa shape index (κ3) is 2.72. The fourth-order valence-electron chi connectivity index (χ4n) is 3.01. The summed E-state index contributed by atoms with van der Waals surface area (Å²) in [5.41, 5.74) is 1.35. The highest BCUT2D eigenvalue weighted by molar-refractivity contribution is 7.80. The minimum Gasteiger partial charge on any atom is -0.508 e. The molecule has 0 radical (unpaired) electrons. The first-order valence-corrected chi connectivity index (χ1v) is 7.55. The van der Waals surface area contributed by atoms with Crippen LogP contribution < -0.4 is 10.6 Å². The van der Waals surface area contributed by atoms with Crippen LogP contribution >= 0.6 is 12.2 Å². The smallest absolute Gasteiger partial charge is 0.167 e. The monoisotopic (exact) mass is 314 g/mol. The van der Waals surface area contributed by atoms with Gasteiger partial charge in [0, 0.05) is 11.6 Å². The molecule has 2 atom stereocenters. The highest BCUT2D eigenvalue weighted by atomic mass is 32.1. The highest BCUT2D eigenvalue weighted by Crippen LogP contribution is 2.39. The molecule has 1 saturated heterocycles. The normalized spacial score (nSPS) is 24.4. The molecule has 1 heterocycles. The first-order valence-electron chi connectivity index (χ1n) is 7.14. The second-order valence-electron chi connectivity index (χ2n) is 5.80. The van der Waals surface area contributed by atoms with E-state index in [1.165, 1.54) is 6.07 Å². The minimum atomic E-state index is -0.513. The number of benzene rings is 2. The van der Waals surface area contributed by atoms with Gasteiger partial charge in [0.05, 0.1) is 11.6 Å². The predicted octanol–water partition coefficient (Wildman–Crippen LogP) is 2.92. The quantitative estimate of drug-likeness (QED) is 0.642. The fraction of sp³-hybridized carbons (Fsp3) is 0.235. The van der Waals surface area contributed by atoms with Gasteiger partial charge in [-0.3, -0.25) is 0 Å². The molecule has 2 aromatic rings. The van der Waals surface area contributed by atoms with Gasteiger partial charge in [0.15, 0.2) is 5.11 Å². The second kappa shape index (κ2) is 5.50. The van der Waals surface area contributed by atoms with Crippen molar-refractivity contribution in [2.24, 2.45) is 0 Å². The SMILES string of the molecule is C[C@]1(c2ccc(O)cc2O)C[C@@H](c2ccccc2)NC(=S)N1. The zero-order chi connectivity index (χ0) is 15.7. The number of phenolic OH excluding ortho intramolecular Hbond substituents is 2. The Kier molecular flexibility index (Phi) is 3.66. The lowest BCUT2D eigenvalue weighted by molar-refractivity contribution is 0.306. The molecular formula is C17H18N2O2S. The van der Waals surface area contributed by atoms with Crippen molar-refractivity contribution >= 4 is 17.3 Å². The molecule has 0 aliphatic carbocycles. The van der Waals surface area contributed by atoms with Crippen LogP contribution in [-0.2, 0) is 5.54 Å². The Balaban J connectivity index is 1.97. The van der Waals surface area contributed by atoms with Crippen molar-refractivity contribution in [3.05, 3.63) is 59.7 Å². The van der Waals surface area contributed by atoms with Crippen molar-refractivity contribution in [2.75, 3.05) is 0 Å². The molecule has 3 rings (SSSR count). The van der Waals surface area contributed by atoms with Gasteiger partial charge in [-0.2, -0.15) is 0 Å². The lowest BCUT2D eigenvalue weighted by Gasteiger charge is -2.42. The molecular weight excluding hydrogens is 296 g/mol. The van der Waals surface area contributed by atoms with E-state index in [1.807, 2.05) is 25.1 Å². The minimum absolute atomic E-state index is 0.0426. The molecule has 0 amide bonds. The number of hydrogen-bond acceptors (Lipinski definition) is 3. The van der Waals surface area contributed by atoms with E-state index in [0.29, 0.717) is 5.11 Å². The lowest BCUT2D eigenvalue weighted by atomic mass is 9.81. The predicted molar refractivity (Wildman–Crippen MR) is 89.8 cm³/mol. The maximum atomic E-state index is 10.2. The van der Waals surface area contributed by atoms with Gasteiger partial charge in [-0.15, -0.1) is 0 Å². The van der Waals surface area contributed by atoms with E-state index >= 15 is 0 Å². The van der Waals surface area contributed by atoms with Gasteiger partial charge in [0.25, 0.3) is 0 Å². The Morgan fingerprint density at radius 1 is 1.14 bits per heavy atom. The van der Waals surface area contributed by atoms with E-state index in [9.17, 15) is 10.2 Å². The summed E-state index contributed by atoms with van der Waals surface area (Å²) < 4.78 is 0. The molecule has 114 valence electrons. The van der Waals surface area contributed by atoms with Gasteiger partial charge in [-0.25, -0.2) is 0 Å². The molecule has 4 nitrogen and oxygen atoms in total. The van der Waals surface area contributed by atoms with Crippen LogP contribution in [0.5, 0.6) is 11.5 Å². The summed E-state index contributed by atoms with van der Waals surface area (Å²) in [6, 6.07) is 14.8. The van der Waals surface area contributed by atoms with Crippen LogP contribution in [0.15, 0.2) is 48.5 Å². The van der Waals surface area contributed by atoms with E-state index in [-0.39, 0.29) is 17.5 Å². The van der Waals surface area contributed by atoms with Gasteiger partial charge >= 0.3 is 0 Å². The Bertz CT molecular complexity index is 705. The van der Waals surface area contributed by atoms with E-state index in [1.54, 1.807) is 12.1 Å². The lowest BCUT2D eigenvalue weighted by Crippen LogP contribution is -2.55. The topological polar surface area (TPSA) is 64.5 Å². The van der Waals surface area contributed by atoms with Crippen molar-refractivity contribution in [3.8, 4) is 11.5 Å². The summed E-state index contributed by atoms with van der Waals surface area (Å²) in [6.07, 6.45) is 0.718.